The van der Waals surface area contributed by atoms with E-state index in [2.05, 4.69) is 4.72 Å². The molecule has 1 fully saturated rings. The molecule has 0 spiro atoms. The monoisotopic (exact) mass is 302 g/mol. The maximum atomic E-state index is 12.4. The number of hydrogen-bond acceptors (Lipinski definition) is 3. The third-order valence-corrected chi connectivity index (χ3v) is 6.27. The molecule has 1 aliphatic rings. The SMILES string of the molecule is CC1(C)C(NS(=O)(=O)c2cc(Cl)ccc2N)C1(C)C. The molecule has 1 aromatic rings. The van der Waals surface area contributed by atoms with Crippen LogP contribution >= 0.6 is 11.6 Å². The van der Waals surface area contributed by atoms with Crippen molar-refractivity contribution in [3.63, 3.8) is 0 Å². The Morgan fingerprint density at radius 3 is 2.21 bits per heavy atom. The Morgan fingerprint density at radius 2 is 1.74 bits per heavy atom. The number of rotatable bonds is 3. The maximum absolute atomic E-state index is 12.4. The van der Waals surface area contributed by atoms with Crippen LogP contribution in [0.15, 0.2) is 23.1 Å². The fourth-order valence-corrected chi connectivity index (χ4v) is 4.37. The molecule has 6 heteroatoms. The molecule has 1 saturated carbocycles. The van der Waals surface area contributed by atoms with Crippen molar-refractivity contribution in [2.24, 2.45) is 10.8 Å². The van der Waals surface area contributed by atoms with Crippen molar-refractivity contribution in [1.29, 1.82) is 0 Å². The summed E-state index contributed by atoms with van der Waals surface area (Å²) >= 11 is 5.84. The van der Waals surface area contributed by atoms with Gasteiger partial charge in [0.15, 0.2) is 0 Å². The summed E-state index contributed by atoms with van der Waals surface area (Å²) in [6.07, 6.45) is 0. The van der Waals surface area contributed by atoms with Gasteiger partial charge in [0.1, 0.15) is 4.90 Å². The zero-order chi connectivity index (χ0) is 14.6. The Bertz CT molecular complexity index is 610. The third-order valence-electron chi connectivity index (χ3n) is 4.56. The van der Waals surface area contributed by atoms with Crippen LogP contribution in [0, 0.1) is 10.8 Å². The van der Waals surface area contributed by atoms with E-state index >= 15 is 0 Å². The molecule has 0 bridgehead atoms. The minimum Gasteiger partial charge on any atom is -0.398 e. The Morgan fingerprint density at radius 1 is 1.21 bits per heavy atom. The van der Waals surface area contributed by atoms with Crippen LogP contribution in [0.1, 0.15) is 27.7 Å². The topological polar surface area (TPSA) is 72.2 Å². The molecule has 4 nitrogen and oxygen atoms in total. The molecule has 106 valence electrons. The van der Waals surface area contributed by atoms with Gasteiger partial charge in [-0.1, -0.05) is 39.3 Å². The van der Waals surface area contributed by atoms with Crippen molar-refractivity contribution >= 4 is 27.3 Å². The van der Waals surface area contributed by atoms with E-state index in [-0.39, 0.29) is 27.5 Å². The molecule has 0 aliphatic heterocycles. The Balaban J connectivity index is 2.33. The highest BCUT2D eigenvalue weighted by molar-refractivity contribution is 7.89. The summed E-state index contributed by atoms with van der Waals surface area (Å²) in [5.74, 6) is 0. The molecule has 0 heterocycles. The van der Waals surface area contributed by atoms with Gasteiger partial charge < -0.3 is 5.73 Å². The van der Waals surface area contributed by atoms with Gasteiger partial charge in [0.25, 0.3) is 0 Å². The van der Waals surface area contributed by atoms with Crippen LogP contribution in [0.2, 0.25) is 5.02 Å². The predicted octanol–water partition coefficient (Wildman–Crippen LogP) is 2.64. The number of benzene rings is 1. The van der Waals surface area contributed by atoms with Gasteiger partial charge in [0, 0.05) is 11.1 Å². The van der Waals surface area contributed by atoms with E-state index < -0.39 is 10.0 Å². The normalized spacial score (nSPS) is 21.3. The number of sulfonamides is 1. The highest BCUT2D eigenvalue weighted by atomic mass is 35.5. The third kappa shape index (κ3) is 2.24. The summed E-state index contributed by atoms with van der Waals surface area (Å²) in [6.45, 7) is 8.17. The molecule has 0 atom stereocenters. The Hall–Kier alpha value is -0.780. The lowest BCUT2D eigenvalue weighted by Gasteiger charge is -2.10. The summed E-state index contributed by atoms with van der Waals surface area (Å²) in [5.41, 5.74) is 5.78. The second kappa shape index (κ2) is 4.11. The van der Waals surface area contributed by atoms with E-state index in [1.807, 2.05) is 27.7 Å². The molecule has 0 saturated heterocycles. The standard InChI is InChI=1S/C13H19ClN2O2S/c1-12(2)11(13(12,3)4)16-19(17,18)10-7-8(14)5-6-9(10)15/h5-7,11,16H,15H2,1-4H3. The molecular formula is C13H19ClN2O2S. The highest BCUT2D eigenvalue weighted by Gasteiger charge is 2.66. The number of halogens is 1. The summed E-state index contributed by atoms with van der Waals surface area (Å²) in [7, 11) is -3.65. The van der Waals surface area contributed by atoms with Crippen LogP contribution in [0.3, 0.4) is 0 Å². The molecule has 1 aliphatic carbocycles. The number of nitrogen functional groups attached to an aromatic ring is 1. The van der Waals surface area contributed by atoms with Crippen molar-refractivity contribution < 1.29 is 8.42 Å². The molecule has 3 N–H and O–H groups in total. The van der Waals surface area contributed by atoms with Crippen molar-refractivity contribution in [3.05, 3.63) is 23.2 Å². The summed E-state index contributed by atoms with van der Waals surface area (Å²) in [4.78, 5) is 0.0403. The first-order chi connectivity index (χ1) is 8.50. The van der Waals surface area contributed by atoms with E-state index in [9.17, 15) is 8.42 Å². The van der Waals surface area contributed by atoms with Crippen molar-refractivity contribution in [2.45, 2.75) is 38.6 Å². The molecule has 0 unspecified atom stereocenters. The second-order valence-electron chi connectivity index (χ2n) is 6.18. The van der Waals surface area contributed by atoms with Gasteiger partial charge in [-0.2, -0.15) is 0 Å². The van der Waals surface area contributed by atoms with Crippen LogP contribution in [0.4, 0.5) is 5.69 Å². The maximum Gasteiger partial charge on any atom is 0.242 e. The average molecular weight is 303 g/mol. The molecule has 1 aromatic carbocycles. The summed E-state index contributed by atoms with van der Waals surface area (Å²) in [6, 6.07) is 4.34. The average Bonchev–Trinajstić information content (AvgIpc) is 2.64. The van der Waals surface area contributed by atoms with Gasteiger partial charge in [0.2, 0.25) is 10.0 Å². The number of nitrogens with two attached hydrogens (primary N) is 1. The van der Waals surface area contributed by atoms with Crippen LogP contribution in [0.25, 0.3) is 0 Å². The molecule has 19 heavy (non-hydrogen) atoms. The molecular weight excluding hydrogens is 284 g/mol. The zero-order valence-corrected chi connectivity index (χ0v) is 13.1. The Labute approximate surface area is 119 Å². The summed E-state index contributed by atoms with van der Waals surface area (Å²) in [5, 5.41) is 0.351. The number of anilines is 1. The van der Waals surface area contributed by atoms with Crippen LogP contribution in [-0.4, -0.2) is 14.5 Å². The fraction of sp³-hybridized carbons (Fsp3) is 0.538. The molecule has 0 radical (unpaired) electrons. The minimum absolute atomic E-state index is 0.0403. The van der Waals surface area contributed by atoms with E-state index in [0.717, 1.165) is 0 Å². The van der Waals surface area contributed by atoms with Gasteiger partial charge in [-0.15, -0.1) is 0 Å². The van der Waals surface area contributed by atoms with E-state index in [1.54, 1.807) is 6.07 Å². The van der Waals surface area contributed by atoms with E-state index in [1.165, 1.54) is 12.1 Å². The molecule has 0 aromatic heterocycles. The predicted molar refractivity (Wildman–Crippen MR) is 77.5 cm³/mol. The molecule has 2 rings (SSSR count). The first kappa shape index (κ1) is 14.6. The van der Waals surface area contributed by atoms with Crippen LogP contribution in [0.5, 0.6) is 0 Å². The van der Waals surface area contributed by atoms with Crippen molar-refractivity contribution in [1.82, 2.24) is 4.72 Å². The smallest absolute Gasteiger partial charge is 0.242 e. The van der Waals surface area contributed by atoms with Gasteiger partial charge in [-0.25, -0.2) is 13.1 Å². The lowest BCUT2D eigenvalue weighted by atomic mass is 10.0. The lowest BCUT2D eigenvalue weighted by molar-refractivity contribution is 0.457. The van der Waals surface area contributed by atoms with Gasteiger partial charge in [-0.05, 0) is 29.0 Å². The quantitative estimate of drug-likeness (QED) is 0.843. The first-order valence-electron chi connectivity index (χ1n) is 6.07. The van der Waals surface area contributed by atoms with Crippen LogP contribution < -0.4 is 10.5 Å². The van der Waals surface area contributed by atoms with E-state index in [4.69, 9.17) is 17.3 Å². The van der Waals surface area contributed by atoms with Gasteiger partial charge in [0.05, 0.1) is 5.69 Å². The Kier molecular flexibility index (Phi) is 3.16. The minimum atomic E-state index is -3.65. The van der Waals surface area contributed by atoms with Gasteiger partial charge >= 0.3 is 0 Å². The largest absolute Gasteiger partial charge is 0.398 e. The van der Waals surface area contributed by atoms with Crippen molar-refractivity contribution in [2.75, 3.05) is 5.73 Å². The lowest BCUT2D eigenvalue weighted by Crippen LogP contribution is -2.30. The van der Waals surface area contributed by atoms with Crippen LogP contribution in [-0.2, 0) is 10.0 Å². The van der Waals surface area contributed by atoms with E-state index in [0.29, 0.717) is 5.02 Å². The highest BCUT2D eigenvalue weighted by Crippen LogP contribution is 2.63. The number of nitrogens with one attached hydrogen (secondary N) is 1. The second-order valence-corrected chi connectivity index (χ2v) is 8.30. The first-order valence-corrected chi connectivity index (χ1v) is 7.93. The fourth-order valence-electron chi connectivity index (χ4n) is 2.45. The number of hydrogen-bond donors (Lipinski definition) is 2. The zero-order valence-electron chi connectivity index (χ0n) is 11.5. The molecule has 0 amide bonds. The van der Waals surface area contributed by atoms with Crippen molar-refractivity contribution in [3.8, 4) is 0 Å². The summed E-state index contributed by atoms with van der Waals surface area (Å²) < 4.78 is 27.5. The van der Waals surface area contributed by atoms with Gasteiger partial charge in [-0.3, -0.25) is 0 Å².